The summed E-state index contributed by atoms with van der Waals surface area (Å²) in [5, 5.41) is 16.9. The number of hydrogen-bond acceptors (Lipinski definition) is 5. The van der Waals surface area contributed by atoms with Crippen molar-refractivity contribution < 1.29 is 27.2 Å². The summed E-state index contributed by atoms with van der Waals surface area (Å²) >= 11 is 7.75. The maximum atomic E-state index is 13.8. The van der Waals surface area contributed by atoms with Gasteiger partial charge in [0, 0.05) is 10.7 Å². The van der Waals surface area contributed by atoms with Gasteiger partial charge >= 0.3 is 0 Å². The minimum absolute atomic E-state index is 0. The molecule has 0 radical (unpaired) electrons. The largest absolute Gasteiger partial charge is 1.00 e. The number of rotatable bonds is 6. The molecule has 0 aromatic heterocycles. The molecular weight excluding hydrogens is 539 g/mol. The number of benzene rings is 3. The molecule has 0 aliphatic carbocycles. The van der Waals surface area contributed by atoms with Gasteiger partial charge in [-0.15, -0.1) is 0 Å². The van der Waals surface area contributed by atoms with Crippen molar-refractivity contribution in [1.29, 1.82) is 0 Å². The van der Waals surface area contributed by atoms with Crippen LogP contribution in [0.3, 0.4) is 0 Å². The average molecular weight is 570 g/mol. The van der Waals surface area contributed by atoms with E-state index >= 15 is 0 Å². The first kappa shape index (κ1) is 28.2. The van der Waals surface area contributed by atoms with E-state index in [2.05, 4.69) is 19.2 Å². The number of carbonyl (C=O) groups excluding carboxylic acids is 1. The number of amides is 1. The lowest BCUT2D eigenvalue weighted by Crippen LogP contribution is -3.21. The van der Waals surface area contributed by atoms with Crippen molar-refractivity contribution in [2.45, 2.75) is 38.7 Å². The second-order valence-corrected chi connectivity index (χ2v) is 11.0. The summed E-state index contributed by atoms with van der Waals surface area (Å²) in [6.45, 7) is 6.03. The van der Waals surface area contributed by atoms with E-state index in [9.17, 15) is 9.90 Å². The zero-order valence-corrected chi connectivity index (χ0v) is 23.7. The number of nitrogens with zero attached hydrogens (tertiary/aromatic N) is 2. The third-order valence-corrected chi connectivity index (χ3v) is 8.09. The minimum atomic E-state index is -1.36. The Morgan fingerprint density at radius 1 is 1.08 bits per heavy atom. The van der Waals surface area contributed by atoms with E-state index in [-0.39, 0.29) is 24.4 Å². The molecule has 2 aliphatic heterocycles. The van der Waals surface area contributed by atoms with Crippen LogP contribution >= 0.6 is 23.4 Å². The summed E-state index contributed by atoms with van der Waals surface area (Å²) in [4.78, 5) is 21.5. The topological polar surface area (TPSA) is 69.4 Å². The molecule has 1 amide bonds. The molecular formula is C29H30Cl2N4O2S. The molecule has 2 aliphatic rings. The summed E-state index contributed by atoms with van der Waals surface area (Å²) in [7, 11) is 0. The Kier molecular flexibility index (Phi) is 8.55. The molecule has 3 unspecified atom stereocenters. The van der Waals surface area contributed by atoms with Crippen LogP contribution in [0.4, 0.5) is 11.4 Å². The number of aliphatic hydroxyl groups is 1. The SMILES string of the molecule is CC1=C(C(=O)Nc2ccccc2)C(c2ccc(Cl)cc2)N2C(=N1)SCC2(O)[NH+](c1ccccc1)C(C)C.[Cl-]. The fourth-order valence-corrected chi connectivity index (χ4v) is 6.57. The second kappa shape index (κ2) is 11.5. The first-order valence-electron chi connectivity index (χ1n) is 12.3. The van der Waals surface area contributed by atoms with Gasteiger partial charge in [0.1, 0.15) is 11.4 Å². The lowest BCUT2D eigenvalue weighted by Gasteiger charge is -2.46. The number of amidine groups is 1. The van der Waals surface area contributed by atoms with Gasteiger partial charge in [-0.1, -0.05) is 71.9 Å². The first-order chi connectivity index (χ1) is 17.8. The zero-order chi connectivity index (χ0) is 26.2. The maximum Gasteiger partial charge on any atom is 0.300 e. The number of carbonyl (C=O) groups is 1. The fraction of sp³-hybridized carbons (Fsp3) is 0.241. The quantitative estimate of drug-likeness (QED) is 0.398. The van der Waals surface area contributed by atoms with Crippen LogP contribution in [-0.4, -0.2) is 38.7 Å². The van der Waals surface area contributed by atoms with E-state index in [0.29, 0.717) is 32.9 Å². The number of halogens is 2. The number of fused-ring (bicyclic) bond motifs is 1. The van der Waals surface area contributed by atoms with Crippen LogP contribution in [0.5, 0.6) is 0 Å². The molecule has 2 heterocycles. The maximum absolute atomic E-state index is 13.8. The van der Waals surface area contributed by atoms with E-state index < -0.39 is 11.9 Å². The summed E-state index contributed by atoms with van der Waals surface area (Å²) in [6, 6.07) is 26.3. The van der Waals surface area contributed by atoms with Gasteiger partial charge < -0.3 is 22.8 Å². The average Bonchev–Trinajstić information content (AvgIpc) is 3.21. The van der Waals surface area contributed by atoms with Gasteiger partial charge in [-0.05, 0) is 62.7 Å². The van der Waals surface area contributed by atoms with Crippen molar-refractivity contribution >= 4 is 45.8 Å². The minimum Gasteiger partial charge on any atom is -1.00 e. The highest BCUT2D eigenvalue weighted by molar-refractivity contribution is 8.14. The number of quaternary nitrogens is 1. The van der Waals surface area contributed by atoms with Crippen molar-refractivity contribution in [2.75, 3.05) is 11.1 Å². The molecule has 1 saturated heterocycles. The predicted octanol–water partition coefficient (Wildman–Crippen LogP) is 1.99. The molecule has 38 heavy (non-hydrogen) atoms. The lowest BCUT2D eigenvalue weighted by molar-refractivity contribution is -0.950. The van der Waals surface area contributed by atoms with Crippen molar-refractivity contribution in [3.63, 3.8) is 0 Å². The number of allylic oxidation sites excluding steroid dienone is 1. The van der Waals surface area contributed by atoms with Crippen molar-refractivity contribution in [3.8, 4) is 0 Å². The monoisotopic (exact) mass is 568 g/mol. The first-order valence-corrected chi connectivity index (χ1v) is 13.6. The highest BCUT2D eigenvalue weighted by atomic mass is 35.5. The molecule has 198 valence electrons. The number of aliphatic imine (C=N–C) groups is 1. The number of anilines is 1. The van der Waals surface area contributed by atoms with Gasteiger partial charge in [-0.25, -0.2) is 4.99 Å². The standard InChI is InChI=1S/C29H29ClN4O2S.ClH/c1-19(2)33(24-12-8-5-9-13-24)29(36)18-37-28-31-20(3)25(27(35)32-23-10-6-4-7-11-23)26(34(28)29)21-14-16-22(30)17-15-21;/h4-17,19,26,36H,18H2,1-3H3,(H,32,35);1H. The molecule has 0 bridgehead atoms. The third kappa shape index (κ3) is 5.22. The summed E-state index contributed by atoms with van der Waals surface area (Å²) in [5.74, 6) is -1.21. The molecule has 9 heteroatoms. The van der Waals surface area contributed by atoms with Gasteiger partial charge in [-0.3, -0.25) is 14.6 Å². The molecule has 3 atom stereocenters. The lowest BCUT2D eigenvalue weighted by atomic mass is 9.92. The Labute approximate surface area is 238 Å². The van der Waals surface area contributed by atoms with Crippen LogP contribution in [-0.2, 0) is 4.79 Å². The van der Waals surface area contributed by atoms with Crippen molar-refractivity contribution in [2.24, 2.45) is 4.99 Å². The van der Waals surface area contributed by atoms with Crippen molar-refractivity contribution in [1.82, 2.24) is 4.90 Å². The molecule has 0 saturated carbocycles. The van der Waals surface area contributed by atoms with Gasteiger partial charge in [-0.2, -0.15) is 0 Å². The Balaban J connectivity index is 0.00000336. The summed E-state index contributed by atoms with van der Waals surface area (Å²) in [5.41, 5.74) is 3.64. The van der Waals surface area contributed by atoms with E-state index in [1.54, 1.807) is 0 Å². The van der Waals surface area contributed by atoms with Crippen molar-refractivity contribution in [3.05, 3.63) is 107 Å². The Bertz CT molecular complexity index is 1350. The molecule has 1 fully saturated rings. The van der Waals surface area contributed by atoms with Gasteiger partial charge in [0.25, 0.3) is 11.8 Å². The van der Waals surface area contributed by atoms with Crippen LogP contribution in [0.15, 0.2) is 101 Å². The van der Waals surface area contributed by atoms with Gasteiger partial charge in [0.2, 0.25) is 0 Å². The Morgan fingerprint density at radius 3 is 2.29 bits per heavy atom. The smallest absolute Gasteiger partial charge is 0.300 e. The normalized spacial score (nSPS) is 21.5. The molecule has 0 spiro atoms. The van der Waals surface area contributed by atoms with Gasteiger partial charge in [0.15, 0.2) is 5.17 Å². The van der Waals surface area contributed by atoms with Gasteiger partial charge in [0.05, 0.1) is 23.4 Å². The number of nitrogens with one attached hydrogen (secondary N) is 2. The van der Waals surface area contributed by atoms with E-state index in [0.717, 1.165) is 16.2 Å². The molecule has 6 nitrogen and oxygen atoms in total. The second-order valence-electron chi connectivity index (χ2n) is 9.58. The Hall–Kier alpha value is -2.81. The highest BCUT2D eigenvalue weighted by Crippen LogP contribution is 2.45. The predicted molar refractivity (Wildman–Crippen MR) is 151 cm³/mol. The number of thioether (sulfide) groups is 1. The molecule has 3 aromatic rings. The van der Waals surface area contributed by atoms with E-state index in [1.165, 1.54) is 11.8 Å². The molecule has 3 aromatic carbocycles. The van der Waals surface area contributed by atoms with Crippen LogP contribution in [0.2, 0.25) is 5.02 Å². The van der Waals surface area contributed by atoms with Crippen LogP contribution in [0.25, 0.3) is 0 Å². The number of hydrogen-bond donors (Lipinski definition) is 3. The number of para-hydroxylation sites is 2. The highest BCUT2D eigenvalue weighted by Gasteiger charge is 2.58. The Morgan fingerprint density at radius 2 is 1.68 bits per heavy atom. The summed E-state index contributed by atoms with van der Waals surface area (Å²) in [6.07, 6.45) is 0. The van der Waals surface area contributed by atoms with E-state index in [4.69, 9.17) is 16.6 Å². The van der Waals surface area contributed by atoms with Crippen LogP contribution < -0.4 is 22.6 Å². The molecule has 3 N–H and O–H groups in total. The summed E-state index contributed by atoms with van der Waals surface area (Å²) < 4.78 is 0. The molecule has 5 rings (SSSR count). The van der Waals surface area contributed by atoms with Crippen LogP contribution in [0, 0.1) is 0 Å². The third-order valence-electron chi connectivity index (χ3n) is 6.75. The zero-order valence-electron chi connectivity index (χ0n) is 21.4. The fourth-order valence-electron chi connectivity index (χ4n) is 5.22. The van der Waals surface area contributed by atoms with Crippen LogP contribution in [0.1, 0.15) is 32.4 Å². The van der Waals surface area contributed by atoms with E-state index in [1.807, 2.05) is 96.8 Å².